The number of rotatable bonds is 5. The fourth-order valence-corrected chi connectivity index (χ4v) is 4.10. The van der Waals surface area contributed by atoms with Crippen molar-refractivity contribution >= 4 is 22.9 Å². The Balaban J connectivity index is 1.37. The molecule has 6 nitrogen and oxygen atoms in total. The SMILES string of the molecule is Cc1ccc(NC(=O)c2cccc(C(C)(C)C#N)c2)cc1-n1c2c(-c3cncs3)n1-2. The zero-order valence-electron chi connectivity index (χ0n) is 16.8. The summed E-state index contributed by atoms with van der Waals surface area (Å²) < 4.78 is 4.28. The molecule has 3 heterocycles. The van der Waals surface area contributed by atoms with E-state index < -0.39 is 5.41 Å². The van der Waals surface area contributed by atoms with Gasteiger partial charge in [0.05, 0.1) is 27.6 Å². The lowest BCUT2D eigenvalue weighted by Gasteiger charge is -2.16. The quantitative estimate of drug-likeness (QED) is 0.437. The summed E-state index contributed by atoms with van der Waals surface area (Å²) in [5.74, 6) is 0.999. The highest BCUT2D eigenvalue weighted by atomic mass is 32.1. The number of hydrogen-bond acceptors (Lipinski definition) is 4. The molecule has 2 aliphatic heterocycles. The van der Waals surface area contributed by atoms with Gasteiger partial charge in [0.25, 0.3) is 5.91 Å². The molecule has 3 aromatic rings. The predicted octanol–water partition coefficient (Wildman–Crippen LogP) is 5.07. The minimum absolute atomic E-state index is 0.193. The molecular formula is C23H19N5OS. The number of thiazole rings is 1. The summed E-state index contributed by atoms with van der Waals surface area (Å²) in [7, 11) is 0. The minimum Gasteiger partial charge on any atom is -0.322 e. The van der Waals surface area contributed by atoms with E-state index in [1.165, 1.54) is 16.4 Å². The number of carbonyl (C=O) groups is 1. The smallest absolute Gasteiger partial charge is 0.255 e. The second-order valence-electron chi connectivity index (χ2n) is 7.93. The van der Waals surface area contributed by atoms with Crippen molar-refractivity contribution in [3.05, 3.63) is 70.9 Å². The number of benzene rings is 2. The highest BCUT2D eigenvalue weighted by Gasteiger charge is 2.43. The number of nitriles is 1. The fourth-order valence-electron chi connectivity index (χ4n) is 3.45. The summed E-state index contributed by atoms with van der Waals surface area (Å²) in [6, 6.07) is 15.4. The second kappa shape index (κ2) is 6.44. The molecule has 30 heavy (non-hydrogen) atoms. The lowest BCUT2D eigenvalue weighted by Crippen LogP contribution is -2.17. The van der Waals surface area contributed by atoms with Gasteiger partial charge in [-0.3, -0.25) is 9.78 Å². The van der Waals surface area contributed by atoms with E-state index in [1.54, 1.807) is 23.5 Å². The van der Waals surface area contributed by atoms with Crippen LogP contribution in [0.2, 0.25) is 0 Å². The first-order valence-corrected chi connectivity index (χ1v) is 10.5. The van der Waals surface area contributed by atoms with E-state index in [0.717, 1.165) is 22.5 Å². The van der Waals surface area contributed by atoms with Crippen LogP contribution in [0, 0.1) is 18.3 Å². The number of carbonyl (C=O) groups excluding carboxylic acids is 1. The van der Waals surface area contributed by atoms with Gasteiger partial charge in [-0.1, -0.05) is 18.2 Å². The van der Waals surface area contributed by atoms with Crippen molar-refractivity contribution in [3.8, 4) is 28.1 Å². The number of aryl methyl sites for hydroxylation is 1. The number of aromatic nitrogens is 3. The van der Waals surface area contributed by atoms with Crippen molar-refractivity contribution in [1.29, 1.82) is 5.26 Å². The molecule has 5 rings (SSSR count). The van der Waals surface area contributed by atoms with Gasteiger partial charge in [-0.2, -0.15) is 5.26 Å². The molecule has 7 heteroatoms. The number of nitrogens with one attached hydrogen (secondary N) is 1. The summed E-state index contributed by atoms with van der Waals surface area (Å²) >= 11 is 1.63. The molecule has 0 saturated heterocycles. The molecule has 0 radical (unpaired) electrons. The van der Waals surface area contributed by atoms with Crippen molar-refractivity contribution in [2.24, 2.45) is 0 Å². The monoisotopic (exact) mass is 413 g/mol. The first-order chi connectivity index (χ1) is 14.4. The molecule has 0 saturated carbocycles. The third kappa shape index (κ3) is 2.93. The summed E-state index contributed by atoms with van der Waals surface area (Å²) in [5.41, 5.74) is 6.69. The molecule has 1 aromatic heterocycles. The number of hydrogen-bond donors (Lipinski definition) is 1. The number of fused-ring (bicyclic) bond motifs is 1. The molecule has 1 amide bonds. The Hall–Kier alpha value is -3.63. The Kier molecular flexibility index (Phi) is 3.95. The number of nitrogens with zero attached hydrogens (tertiary/aromatic N) is 4. The lowest BCUT2D eigenvalue weighted by atomic mass is 9.85. The first kappa shape index (κ1) is 18.4. The summed E-state index contributed by atoms with van der Waals surface area (Å²) in [5, 5.41) is 12.3. The van der Waals surface area contributed by atoms with E-state index >= 15 is 0 Å². The summed E-state index contributed by atoms with van der Waals surface area (Å²) in [6.07, 6.45) is 1.88. The molecule has 1 N–H and O–H groups in total. The average molecular weight is 414 g/mol. The van der Waals surface area contributed by atoms with Gasteiger partial charge in [-0.25, -0.2) is 9.36 Å². The Labute approximate surface area is 178 Å². The molecule has 0 unspecified atom stereocenters. The van der Waals surface area contributed by atoms with Gasteiger partial charge >= 0.3 is 0 Å². The fraction of sp³-hybridized carbons (Fsp3) is 0.174. The van der Waals surface area contributed by atoms with E-state index in [4.69, 9.17) is 0 Å². The molecule has 0 bridgehead atoms. The Morgan fingerprint density at radius 1 is 1.20 bits per heavy atom. The normalized spacial score (nSPS) is 11.9. The standard InChI is InChI=1S/C23H19N5OS/c1-14-7-8-17(10-18(14)27-22-20(28(22)27)19-11-25-13-30-19)26-21(29)15-5-4-6-16(9-15)23(2,3)12-24/h4-11,13H,1-3H3,(H,26,29). The Morgan fingerprint density at radius 3 is 2.70 bits per heavy atom. The van der Waals surface area contributed by atoms with E-state index in [9.17, 15) is 10.1 Å². The average Bonchev–Trinajstić information content (AvgIpc) is 3.59. The maximum atomic E-state index is 12.8. The zero-order valence-corrected chi connectivity index (χ0v) is 17.6. The molecule has 0 fully saturated rings. The lowest BCUT2D eigenvalue weighted by molar-refractivity contribution is 0.102. The van der Waals surface area contributed by atoms with Crippen molar-refractivity contribution in [3.63, 3.8) is 0 Å². The van der Waals surface area contributed by atoms with Gasteiger partial charge in [0, 0.05) is 17.4 Å². The van der Waals surface area contributed by atoms with Crippen molar-refractivity contribution in [2.75, 3.05) is 5.32 Å². The maximum Gasteiger partial charge on any atom is 0.255 e. The van der Waals surface area contributed by atoms with Crippen molar-refractivity contribution in [2.45, 2.75) is 26.2 Å². The van der Waals surface area contributed by atoms with Gasteiger partial charge < -0.3 is 5.32 Å². The van der Waals surface area contributed by atoms with Gasteiger partial charge in [0.2, 0.25) is 0 Å². The number of anilines is 1. The molecule has 2 aliphatic rings. The summed E-state index contributed by atoms with van der Waals surface area (Å²) in [4.78, 5) is 18.1. The molecule has 148 valence electrons. The molecule has 0 aliphatic carbocycles. The number of amides is 1. The third-order valence-electron chi connectivity index (χ3n) is 5.42. The van der Waals surface area contributed by atoms with Gasteiger partial charge in [-0.15, -0.1) is 11.3 Å². The van der Waals surface area contributed by atoms with E-state index in [2.05, 4.69) is 32.7 Å². The topological polar surface area (TPSA) is 75.6 Å². The highest BCUT2D eigenvalue weighted by molar-refractivity contribution is 7.13. The third-order valence-corrected chi connectivity index (χ3v) is 6.20. The molecule has 2 aromatic carbocycles. The van der Waals surface area contributed by atoms with Crippen LogP contribution < -0.4 is 5.32 Å². The van der Waals surface area contributed by atoms with Gasteiger partial charge in [0.1, 0.15) is 5.69 Å². The van der Waals surface area contributed by atoms with Crippen LogP contribution in [-0.2, 0) is 5.41 Å². The summed E-state index contributed by atoms with van der Waals surface area (Å²) in [6.45, 7) is 5.74. The van der Waals surface area contributed by atoms with Crippen LogP contribution >= 0.6 is 11.3 Å². The van der Waals surface area contributed by atoms with Gasteiger partial charge in [-0.05, 0) is 56.2 Å². The Bertz CT molecular complexity index is 1320. The van der Waals surface area contributed by atoms with Crippen LogP contribution in [0.25, 0.3) is 22.1 Å². The van der Waals surface area contributed by atoms with Crippen molar-refractivity contribution < 1.29 is 4.79 Å². The van der Waals surface area contributed by atoms with Crippen molar-refractivity contribution in [1.82, 2.24) is 14.3 Å². The second-order valence-corrected chi connectivity index (χ2v) is 8.82. The largest absolute Gasteiger partial charge is 0.322 e. The van der Waals surface area contributed by atoms with Crippen LogP contribution in [0.3, 0.4) is 0 Å². The van der Waals surface area contributed by atoms with Crippen LogP contribution in [0.15, 0.2) is 54.2 Å². The van der Waals surface area contributed by atoms with Gasteiger partial charge in [0.15, 0.2) is 5.82 Å². The van der Waals surface area contributed by atoms with E-state index in [1.807, 2.05) is 55.9 Å². The molecule has 0 atom stereocenters. The Morgan fingerprint density at radius 2 is 2.00 bits per heavy atom. The van der Waals surface area contributed by atoms with Crippen LogP contribution in [0.4, 0.5) is 5.69 Å². The molecule has 0 spiro atoms. The maximum absolute atomic E-state index is 12.8. The minimum atomic E-state index is -0.647. The van der Waals surface area contributed by atoms with E-state index in [0.29, 0.717) is 5.56 Å². The van der Waals surface area contributed by atoms with Crippen LogP contribution in [-0.4, -0.2) is 20.3 Å². The predicted molar refractivity (Wildman–Crippen MR) is 118 cm³/mol. The molecular weight excluding hydrogens is 394 g/mol. The van der Waals surface area contributed by atoms with E-state index in [-0.39, 0.29) is 5.91 Å². The van der Waals surface area contributed by atoms with Crippen LogP contribution in [0.1, 0.15) is 35.3 Å². The first-order valence-electron chi connectivity index (χ1n) is 9.58. The zero-order chi connectivity index (χ0) is 21.0. The van der Waals surface area contributed by atoms with Crippen LogP contribution in [0.5, 0.6) is 0 Å². The highest BCUT2D eigenvalue weighted by Crippen LogP contribution is 2.51.